The second kappa shape index (κ2) is 17.5. The molecule has 12 heteroatoms. The Kier molecular flexibility index (Phi) is 12.1. The molecule has 6 aromatic rings. The Morgan fingerprint density at radius 2 is 0.680 bits per heavy atom. The monoisotopic (exact) mass is 723 g/mol. The highest BCUT2D eigenvalue weighted by molar-refractivity contribution is 7.70. The summed E-state index contributed by atoms with van der Waals surface area (Å²) in [6.45, 7) is 2.21. The first kappa shape index (κ1) is 34.7. The zero-order valence-electron chi connectivity index (χ0n) is 27.2. The highest BCUT2D eigenvalue weighted by Crippen LogP contribution is 2.67. The van der Waals surface area contributed by atoms with Crippen LogP contribution in [0.3, 0.4) is 0 Å². The summed E-state index contributed by atoms with van der Waals surface area (Å²) in [5.74, 6) is 3.03. The maximum Gasteiger partial charge on any atom is 0.459 e. The SMILES string of the molecule is CCN=P(N=P(N=[PH](Oc1ccccc1)Oc1ccccc1)(Oc1ccccc1)Oc1ccccc1)(Oc1ccccc1)Oc1ccccc1. The Labute approximate surface area is 293 Å². The molecule has 0 unspecified atom stereocenters. The highest BCUT2D eigenvalue weighted by Gasteiger charge is 2.37. The summed E-state index contributed by atoms with van der Waals surface area (Å²) in [4.78, 5) is 0. The van der Waals surface area contributed by atoms with E-state index in [1.165, 1.54) is 0 Å². The van der Waals surface area contributed by atoms with Crippen molar-refractivity contribution in [2.75, 3.05) is 6.54 Å². The van der Waals surface area contributed by atoms with E-state index >= 15 is 0 Å². The fourth-order valence-corrected chi connectivity index (χ4v) is 11.2. The van der Waals surface area contributed by atoms with Gasteiger partial charge in [-0.3, -0.25) is 0 Å². The molecular weight excluding hydrogens is 687 g/mol. The van der Waals surface area contributed by atoms with Crippen LogP contribution < -0.4 is 27.1 Å². The second-order valence-electron chi connectivity index (χ2n) is 10.3. The van der Waals surface area contributed by atoms with Gasteiger partial charge in [0.25, 0.3) is 0 Å². The molecule has 0 N–H and O–H groups in total. The largest absolute Gasteiger partial charge is 0.459 e. The van der Waals surface area contributed by atoms with Crippen molar-refractivity contribution in [2.24, 2.45) is 13.8 Å². The van der Waals surface area contributed by atoms with Crippen LogP contribution in [-0.4, -0.2) is 6.54 Å². The van der Waals surface area contributed by atoms with Gasteiger partial charge in [0.2, 0.25) is 0 Å². The maximum absolute atomic E-state index is 6.82. The number of hydrogen-bond acceptors (Lipinski definition) is 7. The zero-order valence-corrected chi connectivity index (χ0v) is 30.0. The molecule has 0 bridgehead atoms. The summed E-state index contributed by atoms with van der Waals surface area (Å²) >= 11 is 0. The molecule has 0 spiro atoms. The van der Waals surface area contributed by atoms with Crippen LogP contribution in [0.2, 0.25) is 0 Å². The predicted octanol–water partition coefficient (Wildman–Crippen LogP) is 12.6. The quantitative estimate of drug-likeness (QED) is 0.0979. The van der Waals surface area contributed by atoms with Gasteiger partial charge in [-0.2, -0.15) is 0 Å². The van der Waals surface area contributed by atoms with E-state index < -0.39 is 23.5 Å². The van der Waals surface area contributed by atoms with Gasteiger partial charge < -0.3 is 27.1 Å². The van der Waals surface area contributed by atoms with Crippen molar-refractivity contribution in [2.45, 2.75) is 6.92 Å². The molecule has 254 valence electrons. The van der Waals surface area contributed by atoms with Gasteiger partial charge in [0.15, 0.2) is 0 Å². The molecule has 0 heterocycles. The first-order valence-corrected chi connectivity index (χ1v) is 20.2. The van der Waals surface area contributed by atoms with E-state index in [4.69, 9.17) is 40.9 Å². The van der Waals surface area contributed by atoms with Gasteiger partial charge in [-0.05, 0) is 79.7 Å². The zero-order chi connectivity index (χ0) is 34.3. The van der Waals surface area contributed by atoms with Crippen LogP contribution in [0.4, 0.5) is 0 Å². The molecule has 0 radical (unpaired) electrons. The Balaban J connectivity index is 1.65. The second-order valence-corrected chi connectivity index (χ2v) is 15.8. The molecular formula is C38H36N3O6P3. The minimum Gasteiger partial charge on any atom is -0.432 e. The van der Waals surface area contributed by atoms with Crippen LogP contribution in [0.25, 0.3) is 0 Å². The molecule has 0 fully saturated rings. The lowest BCUT2D eigenvalue weighted by Crippen LogP contribution is -2.05. The molecule has 0 aromatic heterocycles. The van der Waals surface area contributed by atoms with Crippen LogP contribution >= 0.6 is 23.5 Å². The Morgan fingerprint density at radius 1 is 0.400 bits per heavy atom. The summed E-state index contributed by atoms with van der Waals surface area (Å²) in [6, 6.07) is 55.7. The molecule has 0 saturated heterocycles. The third-order valence-corrected chi connectivity index (χ3v) is 13.2. The lowest BCUT2D eigenvalue weighted by molar-refractivity contribution is 0.457. The number of rotatable bonds is 15. The molecule has 0 amide bonds. The van der Waals surface area contributed by atoms with E-state index in [-0.39, 0.29) is 0 Å². The number of para-hydroxylation sites is 6. The van der Waals surface area contributed by atoms with Gasteiger partial charge >= 0.3 is 23.5 Å². The first-order valence-electron chi connectivity index (χ1n) is 15.9. The van der Waals surface area contributed by atoms with Crippen LogP contribution in [0.15, 0.2) is 196 Å². The molecule has 6 aromatic carbocycles. The number of nitrogens with zero attached hydrogens (tertiary/aromatic N) is 3. The van der Waals surface area contributed by atoms with Crippen LogP contribution in [0.1, 0.15) is 6.92 Å². The lowest BCUT2D eigenvalue weighted by Gasteiger charge is -2.27. The van der Waals surface area contributed by atoms with E-state index in [9.17, 15) is 0 Å². The summed E-state index contributed by atoms with van der Waals surface area (Å²) in [5, 5.41) is 0. The predicted molar refractivity (Wildman–Crippen MR) is 202 cm³/mol. The van der Waals surface area contributed by atoms with E-state index in [1.807, 2.05) is 189 Å². The molecule has 0 saturated carbocycles. The van der Waals surface area contributed by atoms with Crippen LogP contribution in [-0.2, 0) is 0 Å². The van der Waals surface area contributed by atoms with Gasteiger partial charge in [0.1, 0.15) is 34.5 Å². The molecule has 0 aliphatic heterocycles. The Morgan fingerprint density at radius 3 is 0.980 bits per heavy atom. The molecule has 0 aliphatic carbocycles. The number of benzene rings is 6. The average molecular weight is 724 g/mol. The smallest absolute Gasteiger partial charge is 0.432 e. The summed E-state index contributed by atoms with van der Waals surface area (Å²) in [5.41, 5.74) is 0. The highest BCUT2D eigenvalue weighted by atomic mass is 31.2. The maximum atomic E-state index is 6.82. The van der Waals surface area contributed by atoms with Crippen molar-refractivity contribution in [3.63, 3.8) is 0 Å². The number of hydrogen-bond donors (Lipinski definition) is 0. The molecule has 6 rings (SSSR count). The standard InChI is InChI=1S/C38H36N3O6P3/c1-2-39-49(44-35-25-13-5-14-26-35,45-36-27-15-6-16-28-36)41-50(46-37-29-17-7-18-30-37,47-38-31-19-8-20-32-38)40-48(42-33-21-9-3-10-22-33)43-34-23-11-4-12-24-34/h3-32,48H,2H2,1H3. The summed E-state index contributed by atoms with van der Waals surface area (Å²) in [7, 11) is -10.3. The van der Waals surface area contributed by atoms with Crippen LogP contribution in [0.5, 0.6) is 34.5 Å². The van der Waals surface area contributed by atoms with Gasteiger partial charge in [-0.1, -0.05) is 114 Å². The van der Waals surface area contributed by atoms with Crippen molar-refractivity contribution < 1.29 is 27.1 Å². The van der Waals surface area contributed by atoms with Crippen molar-refractivity contribution in [1.82, 2.24) is 0 Å². The first-order chi connectivity index (χ1) is 24.6. The van der Waals surface area contributed by atoms with Crippen molar-refractivity contribution in [3.8, 4) is 34.5 Å². The Bertz CT molecular complexity index is 1920. The minimum absolute atomic E-state index is 0.312. The van der Waals surface area contributed by atoms with Gasteiger partial charge in [-0.15, -0.1) is 4.52 Å². The fourth-order valence-electron chi connectivity index (χ4n) is 4.40. The molecule has 50 heavy (non-hydrogen) atoms. The van der Waals surface area contributed by atoms with E-state index in [2.05, 4.69) is 0 Å². The molecule has 9 nitrogen and oxygen atoms in total. The lowest BCUT2D eigenvalue weighted by atomic mass is 10.3. The fraction of sp³-hybridized carbons (Fsp3) is 0.0526. The third-order valence-electron chi connectivity index (χ3n) is 6.52. The Hall–Kier alpha value is -5.19. The minimum atomic E-state index is -3.94. The van der Waals surface area contributed by atoms with E-state index in [0.29, 0.717) is 41.0 Å². The van der Waals surface area contributed by atoms with Gasteiger partial charge in [0.05, 0.1) is 0 Å². The third kappa shape index (κ3) is 10.2. The van der Waals surface area contributed by atoms with Crippen LogP contribution in [0, 0.1) is 0 Å². The summed E-state index contributed by atoms with van der Waals surface area (Å²) < 4.78 is 55.4. The van der Waals surface area contributed by atoms with E-state index in [0.717, 1.165) is 0 Å². The van der Waals surface area contributed by atoms with Gasteiger partial charge in [-0.25, -0.2) is 4.74 Å². The average Bonchev–Trinajstić information content (AvgIpc) is 3.14. The normalized spacial score (nSPS) is 11.2. The summed E-state index contributed by atoms with van der Waals surface area (Å²) in [6.07, 6.45) is 0. The topological polar surface area (TPSA) is 92.5 Å². The van der Waals surface area contributed by atoms with Crippen molar-refractivity contribution >= 4 is 23.5 Å². The van der Waals surface area contributed by atoms with Crippen molar-refractivity contribution in [1.29, 1.82) is 0 Å². The molecule has 0 aliphatic rings. The van der Waals surface area contributed by atoms with E-state index in [1.54, 1.807) is 0 Å². The molecule has 0 atom stereocenters. The van der Waals surface area contributed by atoms with Crippen molar-refractivity contribution in [3.05, 3.63) is 182 Å². The van der Waals surface area contributed by atoms with Gasteiger partial charge in [0, 0.05) is 6.54 Å².